The topological polar surface area (TPSA) is 61.6 Å². The second kappa shape index (κ2) is 5.41. The van der Waals surface area contributed by atoms with E-state index < -0.39 is 12.1 Å². The molecule has 2 aromatic rings. The number of ether oxygens (including phenoxy) is 2. The molecule has 0 amide bonds. The van der Waals surface area contributed by atoms with Gasteiger partial charge in [-0.25, -0.2) is 4.79 Å². The van der Waals surface area contributed by atoms with Crippen molar-refractivity contribution in [1.82, 2.24) is 5.16 Å². The molecular weight excluding hydrogens is 294 g/mol. The van der Waals surface area contributed by atoms with Crippen LogP contribution >= 0.6 is 11.6 Å². The van der Waals surface area contributed by atoms with Gasteiger partial charge in [-0.2, -0.15) is 0 Å². The molecule has 0 fully saturated rings. The molecule has 5 nitrogen and oxygen atoms in total. The van der Waals surface area contributed by atoms with Gasteiger partial charge in [0.15, 0.2) is 6.10 Å². The second-order valence-electron chi connectivity index (χ2n) is 4.97. The number of benzene rings is 1. The molecule has 0 aliphatic carbocycles. The molecule has 0 spiro atoms. The number of rotatable bonds is 3. The molecule has 1 aromatic heterocycles. The van der Waals surface area contributed by atoms with Crippen LogP contribution in [0.3, 0.4) is 0 Å². The van der Waals surface area contributed by atoms with Crippen molar-refractivity contribution in [2.24, 2.45) is 0 Å². The van der Waals surface area contributed by atoms with Gasteiger partial charge in [-0.1, -0.05) is 16.8 Å². The molecule has 2 heterocycles. The van der Waals surface area contributed by atoms with Gasteiger partial charge in [0.1, 0.15) is 18.1 Å². The fourth-order valence-corrected chi connectivity index (χ4v) is 2.49. The molecule has 6 heteroatoms. The molecule has 0 saturated carbocycles. The predicted octanol–water partition coefficient (Wildman–Crippen LogP) is 2.99. The summed E-state index contributed by atoms with van der Waals surface area (Å²) in [6, 6.07) is 5.30. The molecule has 0 saturated heterocycles. The lowest BCUT2D eigenvalue weighted by atomic mass is 10.1. The van der Waals surface area contributed by atoms with Crippen LogP contribution < -0.4 is 4.74 Å². The summed E-state index contributed by atoms with van der Waals surface area (Å²) in [6.07, 6.45) is -0.157. The summed E-state index contributed by atoms with van der Waals surface area (Å²) < 4.78 is 15.9. The zero-order valence-corrected chi connectivity index (χ0v) is 12.4. The quantitative estimate of drug-likeness (QED) is 0.816. The summed E-state index contributed by atoms with van der Waals surface area (Å²) in [7, 11) is 0. The number of hydrogen-bond acceptors (Lipinski definition) is 5. The number of halogens is 1. The molecule has 0 bridgehead atoms. The van der Waals surface area contributed by atoms with Crippen LogP contribution in [0.25, 0.3) is 0 Å². The minimum Gasteiger partial charge on any atom is -0.478 e. The van der Waals surface area contributed by atoms with Crippen molar-refractivity contribution < 1.29 is 18.8 Å². The van der Waals surface area contributed by atoms with Crippen LogP contribution in [0.1, 0.15) is 22.6 Å². The number of hydrogen-bond donors (Lipinski definition) is 0. The van der Waals surface area contributed by atoms with E-state index in [2.05, 4.69) is 5.16 Å². The van der Waals surface area contributed by atoms with Crippen LogP contribution in [0, 0.1) is 13.8 Å². The number of carbonyl (C=O) groups excluding carboxylic acids is 1. The fraction of sp³-hybridized carbons (Fsp3) is 0.333. The minimum absolute atomic E-state index is 0.136. The molecular formula is C15H14ClNO4. The zero-order chi connectivity index (χ0) is 15.0. The highest BCUT2D eigenvalue weighted by molar-refractivity contribution is 6.30. The number of nitrogens with zero attached hydrogens (tertiary/aromatic N) is 1. The van der Waals surface area contributed by atoms with E-state index in [1.54, 1.807) is 25.1 Å². The van der Waals surface area contributed by atoms with Crippen molar-refractivity contribution in [3.05, 3.63) is 45.8 Å². The monoisotopic (exact) mass is 307 g/mol. The van der Waals surface area contributed by atoms with Crippen molar-refractivity contribution in [3.63, 3.8) is 0 Å². The number of carbonyl (C=O) groups is 1. The van der Waals surface area contributed by atoms with Gasteiger partial charge < -0.3 is 14.0 Å². The van der Waals surface area contributed by atoms with Crippen molar-refractivity contribution in [2.45, 2.75) is 33.0 Å². The third-order valence-electron chi connectivity index (χ3n) is 3.50. The van der Waals surface area contributed by atoms with Gasteiger partial charge >= 0.3 is 5.97 Å². The first-order valence-corrected chi connectivity index (χ1v) is 6.96. The van der Waals surface area contributed by atoms with E-state index >= 15 is 0 Å². The second-order valence-corrected chi connectivity index (χ2v) is 5.41. The first-order valence-electron chi connectivity index (χ1n) is 6.58. The average Bonchev–Trinajstić information content (AvgIpc) is 3.00. The van der Waals surface area contributed by atoms with Crippen LogP contribution in [0.15, 0.2) is 22.7 Å². The van der Waals surface area contributed by atoms with Gasteiger partial charge in [-0.05, 0) is 37.6 Å². The summed E-state index contributed by atoms with van der Waals surface area (Å²) in [5.74, 6) is 0.934. The smallest absolute Gasteiger partial charge is 0.348 e. The van der Waals surface area contributed by atoms with Crippen LogP contribution in [-0.2, 0) is 22.6 Å². The van der Waals surface area contributed by atoms with E-state index in [9.17, 15) is 4.79 Å². The van der Waals surface area contributed by atoms with E-state index in [1.165, 1.54) is 0 Å². The maximum atomic E-state index is 12.1. The Hall–Kier alpha value is -2.01. The molecule has 1 aromatic carbocycles. The Kier molecular flexibility index (Phi) is 3.59. The lowest BCUT2D eigenvalue weighted by Gasteiger charge is -2.10. The highest BCUT2D eigenvalue weighted by Crippen LogP contribution is 2.31. The van der Waals surface area contributed by atoms with Crippen molar-refractivity contribution in [1.29, 1.82) is 0 Å². The Bertz CT molecular complexity index is 675. The lowest BCUT2D eigenvalue weighted by molar-refractivity contribution is -0.152. The van der Waals surface area contributed by atoms with Crippen LogP contribution in [-0.4, -0.2) is 17.2 Å². The maximum absolute atomic E-state index is 12.1. The van der Waals surface area contributed by atoms with Gasteiger partial charge in [0, 0.05) is 11.4 Å². The van der Waals surface area contributed by atoms with Gasteiger partial charge in [0.05, 0.1) is 11.3 Å². The van der Waals surface area contributed by atoms with E-state index in [0.717, 1.165) is 16.8 Å². The van der Waals surface area contributed by atoms with Gasteiger partial charge in [0.2, 0.25) is 0 Å². The van der Waals surface area contributed by atoms with Crippen molar-refractivity contribution in [2.75, 3.05) is 0 Å². The molecule has 1 atom stereocenters. The Morgan fingerprint density at radius 2 is 2.29 bits per heavy atom. The standard InChI is InChI=1S/C15H14ClNO4/c1-8-12(9(2)21-17-8)7-19-15(18)14-6-10-5-11(16)3-4-13(10)20-14/h3-5,14H,6-7H2,1-2H3/t14-/m1/s1. The fourth-order valence-electron chi connectivity index (χ4n) is 2.29. The van der Waals surface area contributed by atoms with Crippen LogP contribution in [0.2, 0.25) is 5.02 Å². The summed E-state index contributed by atoms with van der Waals surface area (Å²) in [6.45, 7) is 3.73. The van der Waals surface area contributed by atoms with Crippen molar-refractivity contribution in [3.8, 4) is 5.75 Å². The molecule has 1 aliphatic rings. The van der Waals surface area contributed by atoms with Gasteiger partial charge in [0.25, 0.3) is 0 Å². The number of aryl methyl sites for hydroxylation is 2. The van der Waals surface area contributed by atoms with E-state index in [1.807, 2.05) is 6.92 Å². The van der Waals surface area contributed by atoms with E-state index in [-0.39, 0.29) is 6.61 Å². The minimum atomic E-state index is -0.626. The largest absolute Gasteiger partial charge is 0.478 e. The van der Waals surface area contributed by atoms with Gasteiger partial charge in [-0.15, -0.1) is 0 Å². The molecule has 110 valence electrons. The van der Waals surface area contributed by atoms with E-state index in [4.69, 9.17) is 25.6 Å². The molecule has 21 heavy (non-hydrogen) atoms. The third kappa shape index (κ3) is 2.74. The Morgan fingerprint density at radius 1 is 1.48 bits per heavy atom. The number of fused-ring (bicyclic) bond motifs is 1. The first-order chi connectivity index (χ1) is 10.0. The Balaban J connectivity index is 1.63. The zero-order valence-electron chi connectivity index (χ0n) is 11.7. The van der Waals surface area contributed by atoms with Crippen molar-refractivity contribution >= 4 is 17.6 Å². The normalized spacial score (nSPS) is 16.4. The molecule has 1 aliphatic heterocycles. The third-order valence-corrected chi connectivity index (χ3v) is 3.74. The molecule has 0 unspecified atom stereocenters. The summed E-state index contributed by atoms with van der Waals surface area (Å²) >= 11 is 5.93. The van der Waals surface area contributed by atoms with Crippen LogP contribution in [0.5, 0.6) is 5.75 Å². The highest BCUT2D eigenvalue weighted by atomic mass is 35.5. The summed E-state index contributed by atoms with van der Waals surface area (Å²) in [5.41, 5.74) is 2.44. The maximum Gasteiger partial charge on any atom is 0.348 e. The predicted molar refractivity (Wildman–Crippen MR) is 75.3 cm³/mol. The number of esters is 1. The molecule has 0 N–H and O–H groups in total. The first kappa shape index (κ1) is 13.9. The molecule has 3 rings (SSSR count). The Labute approximate surface area is 126 Å². The Morgan fingerprint density at radius 3 is 3.00 bits per heavy atom. The molecule has 0 radical (unpaired) electrons. The van der Waals surface area contributed by atoms with Crippen LogP contribution in [0.4, 0.5) is 0 Å². The van der Waals surface area contributed by atoms with E-state index in [0.29, 0.717) is 23.0 Å². The van der Waals surface area contributed by atoms with Gasteiger partial charge in [-0.3, -0.25) is 0 Å². The lowest BCUT2D eigenvalue weighted by Crippen LogP contribution is -2.27. The summed E-state index contributed by atoms with van der Waals surface area (Å²) in [5, 5.41) is 4.45. The summed E-state index contributed by atoms with van der Waals surface area (Å²) in [4.78, 5) is 12.1. The highest BCUT2D eigenvalue weighted by Gasteiger charge is 2.30. The number of aromatic nitrogens is 1. The average molecular weight is 308 g/mol. The SMILES string of the molecule is Cc1noc(C)c1COC(=O)[C@H]1Cc2cc(Cl)ccc2O1.